The number of carbonyl (C=O) groups excluding carboxylic acids is 4. The van der Waals surface area contributed by atoms with Gasteiger partial charge < -0.3 is 5.11 Å². The molecule has 1 spiro atoms. The normalized spacial score (nSPS) is 36.7. The Bertz CT molecular complexity index is 867. The average Bonchev–Trinajstić information content (AvgIpc) is 2.97. The third-order valence-corrected chi connectivity index (χ3v) is 8.39. The Balaban J connectivity index is 2.22. The molecule has 3 saturated carbocycles. The minimum absolute atomic E-state index is 0.0227. The van der Waals surface area contributed by atoms with E-state index < -0.39 is 39.3 Å². The van der Waals surface area contributed by atoms with E-state index in [-0.39, 0.29) is 55.0 Å². The van der Waals surface area contributed by atoms with Crippen LogP contribution in [0.5, 0.6) is 0 Å². The van der Waals surface area contributed by atoms with Crippen LogP contribution in [0.25, 0.3) is 0 Å². The van der Waals surface area contributed by atoms with E-state index in [0.29, 0.717) is 0 Å². The molecule has 0 saturated heterocycles. The highest BCUT2D eigenvalue weighted by atomic mass is 16.3. The summed E-state index contributed by atoms with van der Waals surface area (Å²) >= 11 is 0. The third-order valence-electron chi connectivity index (χ3n) is 8.39. The van der Waals surface area contributed by atoms with Crippen LogP contribution in [0.1, 0.15) is 81.1 Å². The van der Waals surface area contributed by atoms with Gasteiger partial charge >= 0.3 is 0 Å². The summed E-state index contributed by atoms with van der Waals surface area (Å²) < 4.78 is 0. The van der Waals surface area contributed by atoms with Crippen molar-refractivity contribution in [1.82, 2.24) is 0 Å². The Labute approximate surface area is 186 Å². The van der Waals surface area contributed by atoms with Crippen molar-refractivity contribution in [3.63, 3.8) is 0 Å². The minimum Gasteiger partial charge on any atom is -0.390 e. The van der Waals surface area contributed by atoms with Crippen LogP contribution in [0.15, 0.2) is 11.6 Å². The summed E-state index contributed by atoms with van der Waals surface area (Å²) in [6.45, 7) is 15.1. The predicted molar refractivity (Wildman–Crippen MR) is 118 cm³/mol. The van der Waals surface area contributed by atoms with Crippen LogP contribution in [-0.4, -0.2) is 33.8 Å². The van der Waals surface area contributed by atoms with Crippen LogP contribution >= 0.6 is 0 Å². The molecule has 2 unspecified atom stereocenters. The van der Waals surface area contributed by atoms with Gasteiger partial charge in [-0.2, -0.15) is 0 Å². The Kier molecular flexibility index (Phi) is 5.58. The molecule has 1 N–H and O–H groups in total. The Morgan fingerprint density at radius 3 is 2.19 bits per heavy atom. The molecule has 0 aromatic heterocycles. The van der Waals surface area contributed by atoms with Gasteiger partial charge in [0, 0.05) is 6.42 Å². The molecule has 0 aliphatic heterocycles. The van der Waals surface area contributed by atoms with Crippen molar-refractivity contribution < 1.29 is 24.3 Å². The van der Waals surface area contributed by atoms with E-state index in [0.717, 1.165) is 5.57 Å². The Morgan fingerprint density at radius 1 is 1.13 bits per heavy atom. The molecular weight excluding hydrogens is 392 g/mol. The van der Waals surface area contributed by atoms with Crippen LogP contribution in [0, 0.1) is 39.9 Å². The molecule has 5 heteroatoms. The molecule has 31 heavy (non-hydrogen) atoms. The second kappa shape index (κ2) is 7.19. The highest BCUT2D eigenvalue weighted by Gasteiger charge is 2.80. The Morgan fingerprint density at radius 2 is 1.71 bits per heavy atom. The first-order valence-electron chi connectivity index (χ1n) is 11.6. The molecule has 2 bridgehead atoms. The van der Waals surface area contributed by atoms with Gasteiger partial charge in [0.05, 0.1) is 16.4 Å². The summed E-state index contributed by atoms with van der Waals surface area (Å²) in [6.07, 6.45) is 2.78. The van der Waals surface area contributed by atoms with Gasteiger partial charge in [-0.05, 0) is 70.1 Å². The van der Waals surface area contributed by atoms with Crippen LogP contribution in [0.2, 0.25) is 0 Å². The first kappa shape index (κ1) is 24.0. The minimum atomic E-state index is -1.35. The first-order valence-corrected chi connectivity index (χ1v) is 11.6. The van der Waals surface area contributed by atoms with Crippen LogP contribution in [0.4, 0.5) is 0 Å². The van der Waals surface area contributed by atoms with Gasteiger partial charge in [0.25, 0.3) is 0 Å². The highest BCUT2D eigenvalue weighted by molar-refractivity contribution is 6.37. The third kappa shape index (κ3) is 3.21. The van der Waals surface area contributed by atoms with Gasteiger partial charge in [-0.1, -0.05) is 39.3 Å². The van der Waals surface area contributed by atoms with Crippen molar-refractivity contribution in [2.75, 3.05) is 0 Å². The number of hydrogen-bond acceptors (Lipinski definition) is 5. The molecule has 0 heterocycles. The van der Waals surface area contributed by atoms with E-state index in [9.17, 15) is 24.3 Å². The maximum atomic E-state index is 14.0. The van der Waals surface area contributed by atoms with Crippen molar-refractivity contribution in [2.24, 2.45) is 39.9 Å². The number of carbonyl (C=O) groups is 4. The summed E-state index contributed by atoms with van der Waals surface area (Å²) in [5.41, 5.74) is -3.27. The fourth-order valence-corrected chi connectivity index (χ4v) is 7.04. The fourth-order valence-electron chi connectivity index (χ4n) is 7.04. The molecule has 3 aliphatic carbocycles. The van der Waals surface area contributed by atoms with Gasteiger partial charge in [0.2, 0.25) is 0 Å². The molecule has 0 aromatic carbocycles. The van der Waals surface area contributed by atoms with E-state index in [2.05, 4.69) is 0 Å². The van der Waals surface area contributed by atoms with E-state index >= 15 is 0 Å². The fraction of sp³-hybridized carbons (Fsp3) is 0.769. The molecule has 3 aliphatic rings. The number of Topliss-reactive ketones (excluding diaryl/α,β-unsaturated/α-hetero) is 4. The van der Waals surface area contributed by atoms with Crippen LogP contribution in [0.3, 0.4) is 0 Å². The largest absolute Gasteiger partial charge is 0.390 e. The van der Waals surface area contributed by atoms with E-state index in [4.69, 9.17) is 0 Å². The lowest BCUT2D eigenvalue weighted by Crippen LogP contribution is -2.59. The van der Waals surface area contributed by atoms with Gasteiger partial charge in [0.1, 0.15) is 5.92 Å². The van der Waals surface area contributed by atoms with E-state index in [1.54, 1.807) is 13.8 Å². The lowest BCUT2D eigenvalue weighted by Gasteiger charge is -2.41. The number of hydrogen-bond donors (Lipinski definition) is 1. The van der Waals surface area contributed by atoms with E-state index in [1.807, 2.05) is 47.6 Å². The second-order valence-electron chi connectivity index (χ2n) is 12.1. The Hall–Kier alpha value is -1.62. The smallest absolute Gasteiger partial charge is 0.164 e. The summed E-state index contributed by atoms with van der Waals surface area (Å²) in [4.78, 5) is 54.8. The highest BCUT2D eigenvalue weighted by Crippen LogP contribution is 2.72. The zero-order chi connectivity index (χ0) is 23.7. The SMILES string of the molecule is CC(C)=CCC12C[C@@H]3C(C)(C)[C@H](C(C)(C)O)C[C@]3(C(=O)C(C(=O)CC(C)C)C1=O)C2=O. The summed E-state index contributed by atoms with van der Waals surface area (Å²) in [5.74, 6) is -3.61. The lowest BCUT2D eigenvalue weighted by atomic mass is 9.58. The lowest BCUT2D eigenvalue weighted by molar-refractivity contribution is -0.160. The zero-order valence-electron chi connectivity index (χ0n) is 20.3. The van der Waals surface area contributed by atoms with Crippen molar-refractivity contribution >= 4 is 23.1 Å². The molecule has 0 radical (unpaired) electrons. The molecule has 5 atom stereocenters. The molecule has 3 fully saturated rings. The number of rotatable bonds is 6. The number of allylic oxidation sites excluding steroid dienone is 2. The van der Waals surface area contributed by atoms with Gasteiger partial charge in [-0.15, -0.1) is 0 Å². The monoisotopic (exact) mass is 430 g/mol. The predicted octanol–water partition coefficient (Wildman–Crippen LogP) is 4.10. The summed E-state index contributed by atoms with van der Waals surface area (Å²) in [5, 5.41) is 10.9. The average molecular weight is 431 g/mol. The molecule has 172 valence electrons. The summed E-state index contributed by atoms with van der Waals surface area (Å²) in [7, 11) is 0. The standard InChI is InChI=1S/C26H38O5/c1-14(2)9-10-25-12-18-23(5,6)17(24(7,8)31)13-26(18,22(25)30)21(29)19(20(25)28)16(27)11-15(3)4/h9,15,17-19,31H,10-13H2,1-8H3/t17-,18-,19?,25?,26+/m1/s1. The molecular formula is C26H38O5. The number of ketones is 4. The number of fused-ring (bicyclic) bond motifs is 1. The molecule has 0 amide bonds. The van der Waals surface area contributed by atoms with Gasteiger partial charge in [-0.25, -0.2) is 0 Å². The van der Waals surface area contributed by atoms with E-state index in [1.165, 1.54) is 0 Å². The number of aliphatic hydroxyl groups is 1. The van der Waals surface area contributed by atoms with Crippen molar-refractivity contribution in [3.05, 3.63) is 11.6 Å². The maximum absolute atomic E-state index is 14.0. The van der Waals surface area contributed by atoms with Crippen molar-refractivity contribution in [2.45, 2.75) is 86.7 Å². The molecule has 0 aromatic rings. The van der Waals surface area contributed by atoms with Crippen molar-refractivity contribution in [3.8, 4) is 0 Å². The molecule has 5 nitrogen and oxygen atoms in total. The summed E-state index contributed by atoms with van der Waals surface area (Å²) in [6, 6.07) is 0. The van der Waals surface area contributed by atoms with Crippen molar-refractivity contribution in [1.29, 1.82) is 0 Å². The first-order chi connectivity index (χ1) is 14.0. The second-order valence-corrected chi connectivity index (χ2v) is 12.1. The van der Waals surface area contributed by atoms with Gasteiger partial charge in [0.15, 0.2) is 23.1 Å². The topological polar surface area (TPSA) is 88.5 Å². The quantitative estimate of drug-likeness (QED) is 0.506. The van der Waals surface area contributed by atoms with Crippen LogP contribution < -0.4 is 0 Å². The molecule has 3 rings (SSSR count). The maximum Gasteiger partial charge on any atom is 0.164 e. The zero-order valence-corrected chi connectivity index (χ0v) is 20.3. The van der Waals surface area contributed by atoms with Gasteiger partial charge in [-0.3, -0.25) is 19.2 Å². The van der Waals surface area contributed by atoms with Crippen LogP contribution in [-0.2, 0) is 19.2 Å².